The molecular formula is C24H22BrClN2O4. The van der Waals surface area contributed by atoms with Crippen LogP contribution >= 0.6 is 27.5 Å². The molecule has 0 bridgehead atoms. The fourth-order valence-corrected chi connectivity index (χ4v) is 3.40. The normalized spacial score (nSPS) is 10.8. The Balaban J connectivity index is 1.70. The van der Waals surface area contributed by atoms with Gasteiger partial charge in [0.05, 0.1) is 19.9 Å². The van der Waals surface area contributed by atoms with Crippen LogP contribution in [0.25, 0.3) is 0 Å². The van der Waals surface area contributed by atoms with Crippen LogP contribution in [0.5, 0.6) is 17.2 Å². The van der Waals surface area contributed by atoms with Gasteiger partial charge in [-0.15, -0.1) is 0 Å². The van der Waals surface area contributed by atoms with Gasteiger partial charge in [0.1, 0.15) is 12.4 Å². The van der Waals surface area contributed by atoms with E-state index >= 15 is 0 Å². The van der Waals surface area contributed by atoms with Gasteiger partial charge in [0.2, 0.25) is 0 Å². The number of benzene rings is 3. The lowest BCUT2D eigenvalue weighted by Crippen LogP contribution is -2.17. The molecule has 0 aliphatic carbocycles. The summed E-state index contributed by atoms with van der Waals surface area (Å²) in [7, 11) is 1.52. The molecule has 3 aromatic rings. The number of methoxy groups -OCH3 is 1. The first kappa shape index (κ1) is 23.6. The lowest BCUT2D eigenvalue weighted by molar-refractivity contribution is 0.0954. The molecular weight excluding hydrogens is 496 g/mol. The molecule has 6 nitrogen and oxygen atoms in total. The van der Waals surface area contributed by atoms with Crippen LogP contribution in [0.4, 0.5) is 0 Å². The number of halogens is 2. The number of nitrogens with one attached hydrogen (secondary N) is 1. The van der Waals surface area contributed by atoms with Crippen molar-refractivity contribution in [2.24, 2.45) is 5.10 Å². The summed E-state index contributed by atoms with van der Waals surface area (Å²) in [6, 6.07) is 18.0. The van der Waals surface area contributed by atoms with Crippen LogP contribution in [0.2, 0.25) is 5.02 Å². The molecule has 0 spiro atoms. The van der Waals surface area contributed by atoms with Crippen LogP contribution in [0.15, 0.2) is 70.2 Å². The number of hydrogen-bond donors (Lipinski definition) is 1. The number of nitrogens with zero attached hydrogens (tertiary/aromatic N) is 1. The zero-order valence-corrected chi connectivity index (χ0v) is 19.9. The van der Waals surface area contributed by atoms with Gasteiger partial charge in [-0.2, -0.15) is 5.10 Å². The molecule has 3 rings (SSSR count). The first-order valence-electron chi connectivity index (χ1n) is 9.81. The average Bonchev–Trinajstić information content (AvgIpc) is 2.80. The molecule has 0 aliphatic rings. The van der Waals surface area contributed by atoms with Gasteiger partial charge in [-0.25, -0.2) is 5.43 Å². The summed E-state index contributed by atoms with van der Waals surface area (Å²) in [6.45, 7) is 2.68. The van der Waals surface area contributed by atoms with Crippen molar-refractivity contribution < 1.29 is 19.0 Å². The standard InChI is InChI=1S/C24H22BrClN2O4/c1-3-31-22-10-8-16(13-23(22)30-2)24(29)28-27-14-18-12-19(25)9-11-21(18)32-15-17-6-4-5-7-20(17)26/h4-14H,3,15H2,1-2H3,(H,28,29)/b27-14+. The maximum atomic E-state index is 12.5. The lowest BCUT2D eigenvalue weighted by Gasteiger charge is -2.11. The van der Waals surface area contributed by atoms with Crippen molar-refractivity contribution >= 4 is 39.7 Å². The molecule has 0 aromatic heterocycles. The molecule has 1 amide bonds. The van der Waals surface area contributed by atoms with Gasteiger partial charge in [-0.3, -0.25) is 4.79 Å². The number of carbonyl (C=O) groups excluding carboxylic acids is 1. The SMILES string of the molecule is CCOc1ccc(C(=O)N/N=C/c2cc(Br)ccc2OCc2ccccc2Cl)cc1OC. The summed E-state index contributed by atoms with van der Waals surface area (Å²) in [4.78, 5) is 12.5. The van der Waals surface area contributed by atoms with Crippen LogP contribution in [-0.4, -0.2) is 25.8 Å². The van der Waals surface area contributed by atoms with Crippen molar-refractivity contribution in [1.82, 2.24) is 5.43 Å². The first-order chi connectivity index (χ1) is 15.5. The van der Waals surface area contributed by atoms with E-state index in [2.05, 4.69) is 26.5 Å². The summed E-state index contributed by atoms with van der Waals surface area (Å²) in [5, 5.41) is 4.72. The lowest BCUT2D eigenvalue weighted by atomic mass is 10.2. The average molecular weight is 518 g/mol. The fraction of sp³-hybridized carbons (Fsp3) is 0.167. The van der Waals surface area contributed by atoms with Gasteiger partial charge in [0, 0.05) is 26.2 Å². The molecule has 0 saturated carbocycles. The van der Waals surface area contributed by atoms with Crippen LogP contribution in [0, 0.1) is 0 Å². The third-order valence-corrected chi connectivity index (χ3v) is 5.27. The number of rotatable bonds is 9. The van der Waals surface area contributed by atoms with E-state index in [-0.39, 0.29) is 5.91 Å². The third-order valence-electron chi connectivity index (χ3n) is 4.41. The molecule has 0 aliphatic heterocycles. The predicted octanol–water partition coefficient (Wildman–Crippen LogP) is 5.85. The minimum absolute atomic E-state index is 0.306. The Morgan fingerprint density at radius 2 is 1.84 bits per heavy atom. The number of hydrogen-bond acceptors (Lipinski definition) is 5. The van der Waals surface area contributed by atoms with Crippen molar-refractivity contribution in [3.8, 4) is 17.2 Å². The van der Waals surface area contributed by atoms with E-state index in [1.165, 1.54) is 13.3 Å². The number of carbonyl (C=O) groups is 1. The molecule has 1 N–H and O–H groups in total. The van der Waals surface area contributed by atoms with E-state index < -0.39 is 0 Å². The van der Waals surface area contributed by atoms with Crippen LogP contribution in [0.3, 0.4) is 0 Å². The minimum Gasteiger partial charge on any atom is -0.493 e. The van der Waals surface area contributed by atoms with Gasteiger partial charge in [-0.05, 0) is 49.4 Å². The second kappa shape index (κ2) is 11.5. The molecule has 0 radical (unpaired) electrons. The smallest absolute Gasteiger partial charge is 0.271 e. The van der Waals surface area contributed by atoms with E-state index in [1.807, 2.05) is 49.4 Å². The Morgan fingerprint density at radius 1 is 1.06 bits per heavy atom. The Bertz CT molecular complexity index is 1120. The van der Waals surface area contributed by atoms with Gasteiger partial charge in [-0.1, -0.05) is 45.7 Å². The topological polar surface area (TPSA) is 69.2 Å². The van der Waals surface area contributed by atoms with Crippen molar-refractivity contribution in [2.75, 3.05) is 13.7 Å². The maximum absolute atomic E-state index is 12.5. The Morgan fingerprint density at radius 3 is 2.59 bits per heavy atom. The number of ether oxygens (including phenoxy) is 3. The highest BCUT2D eigenvalue weighted by Gasteiger charge is 2.11. The molecule has 0 fully saturated rings. The zero-order valence-electron chi connectivity index (χ0n) is 17.6. The van der Waals surface area contributed by atoms with Gasteiger partial charge in [0.15, 0.2) is 11.5 Å². The van der Waals surface area contributed by atoms with Crippen molar-refractivity contribution in [3.05, 3.63) is 86.8 Å². The summed E-state index contributed by atoms with van der Waals surface area (Å²) in [5.41, 5.74) is 4.48. The van der Waals surface area contributed by atoms with E-state index in [0.717, 1.165) is 10.0 Å². The van der Waals surface area contributed by atoms with E-state index in [1.54, 1.807) is 18.2 Å². The molecule has 0 unspecified atom stereocenters. The molecule has 3 aromatic carbocycles. The maximum Gasteiger partial charge on any atom is 0.271 e. The van der Waals surface area contributed by atoms with E-state index in [9.17, 15) is 4.79 Å². The molecule has 0 atom stereocenters. The number of hydrazone groups is 1. The second-order valence-electron chi connectivity index (χ2n) is 6.56. The monoisotopic (exact) mass is 516 g/mol. The minimum atomic E-state index is -0.379. The summed E-state index contributed by atoms with van der Waals surface area (Å²) < 4.78 is 17.5. The molecule has 166 valence electrons. The van der Waals surface area contributed by atoms with E-state index in [4.69, 9.17) is 25.8 Å². The highest BCUT2D eigenvalue weighted by atomic mass is 79.9. The molecule has 0 saturated heterocycles. The zero-order chi connectivity index (χ0) is 22.9. The Hall–Kier alpha value is -3.03. The Kier molecular flexibility index (Phi) is 8.53. The van der Waals surface area contributed by atoms with Crippen molar-refractivity contribution in [2.45, 2.75) is 13.5 Å². The molecule has 0 heterocycles. The van der Waals surface area contributed by atoms with Crippen molar-refractivity contribution in [1.29, 1.82) is 0 Å². The summed E-state index contributed by atoms with van der Waals surface area (Å²) in [6.07, 6.45) is 1.52. The largest absolute Gasteiger partial charge is 0.493 e. The fourth-order valence-electron chi connectivity index (χ4n) is 2.83. The van der Waals surface area contributed by atoms with Crippen LogP contribution in [-0.2, 0) is 6.61 Å². The van der Waals surface area contributed by atoms with Crippen LogP contribution < -0.4 is 19.6 Å². The first-order valence-corrected chi connectivity index (χ1v) is 11.0. The highest BCUT2D eigenvalue weighted by Crippen LogP contribution is 2.28. The van der Waals surface area contributed by atoms with Crippen molar-refractivity contribution in [3.63, 3.8) is 0 Å². The Labute approximate surface area is 200 Å². The van der Waals surface area contributed by atoms with Gasteiger partial charge < -0.3 is 14.2 Å². The quantitative estimate of drug-likeness (QED) is 0.285. The van der Waals surface area contributed by atoms with Crippen LogP contribution in [0.1, 0.15) is 28.4 Å². The predicted molar refractivity (Wildman–Crippen MR) is 129 cm³/mol. The van der Waals surface area contributed by atoms with Gasteiger partial charge >= 0.3 is 0 Å². The molecule has 32 heavy (non-hydrogen) atoms. The second-order valence-corrected chi connectivity index (χ2v) is 7.88. The summed E-state index contributed by atoms with van der Waals surface area (Å²) in [5.74, 6) is 1.28. The third kappa shape index (κ3) is 6.24. The van der Waals surface area contributed by atoms with Gasteiger partial charge in [0.25, 0.3) is 5.91 Å². The highest BCUT2D eigenvalue weighted by molar-refractivity contribution is 9.10. The number of amides is 1. The van der Waals surface area contributed by atoms with E-state index in [0.29, 0.717) is 46.6 Å². The molecule has 8 heteroatoms. The summed E-state index contributed by atoms with van der Waals surface area (Å²) >= 11 is 9.65.